The number of carbonyl (C=O) groups excluding carboxylic acids is 1. The van der Waals surface area contributed by atoms with Crippen LogP contribution in [0.25, 0.3) is 0 Å². The van der Waals surface area contributed by atoms with Gasteiger partial charge in [-0.1, -0.05) is 12.1 Å². The van der Waals surface area contributed by atoms with Crippen LogP contribution in [0.1, 0.15) is 29.9 Å². The van der Waals surface area contributed by atoms with E-state index in [9.17, 15) is 14.7 Å². The molecule has 0 saturated carbocycles. The molecule has 0 saturated heterocycles. The van der Waals surface area contributed by atoms with Gasteiger partial charge in [-0.25, -0.2) is 0 Å². The zero-order valence-corrected chi connectivity index (χ0v) is 11.4. The minimum atomic E-state index is -0.923. The van der Waals surface area contributed by atoms with Crippen molar-refractivity contribution in [3.05, 3.63) is 29.3 Å². The molecule has 0 fully saturated rings. The summed E-state index contributed by atoms with van der Waals surface area (Å²) in [5.41, 5.74) is 1.57. The van der Waals surface area contributed by atoms with E-state index in [1.54, 1.807) is 25.3 Å². The largest absolute Gasteiger partial charge is 0.496 e. The first-order valence-electron chi connectivity index (χ1n) is 6.07. The van der Waals surface area contributed by atoms with Gasteiger partial charge < -0.3 is 15.2 Å². The van der Waals surface area contributed by atoms with Gasteiger partial charge in [0, 0.05) is 13.5 Å². The van der Waals surface area contributed by atoms with Crippen LogP contribution in [0.4, 0.5) is 0 Å². The van der Waals surface area contributed by atoms with Crippen molar-refractivity contribution >= 4 is 11.9 Å². The molecule has 0 aliphatic heterocycles. The maximum absolute atomic E-state index is 11.3. The van der Waals surface area contributed by atoms with E-state index in [-0.39, 0.29) is 18.7 Å². The van der Waals surface area contributed by atoms with Crippen LogP contribution in [0.2, 0.25) is 0 Å². The number of carbonyl (C=O) groups is 2. The molecule has 0 heterocycles. The molecule has 0 aromatic heterocycles. The number of aryl methyl sites for hydroxylation is 1. The van der Waals surface area contributed by atoms with E-state index in [1.807, 2.05) is 6.92 Å². The average Bonchev–Trinajstić information content (AvgIpc) is 2.38. The van der Waals surface area contributed by atoms with Gasteiger partial charge in [-0.05, 0) is 30.5 Å². The summed E-state index contributed by atoms with van der Waals surface area (Å²) in [5.74, 6) is -1.04. The van der Waals surface area contributed by atoms with Crippen LogP contribution >= 0.6 is 0 Å². The molecule has 1 atom stereocenters. The van der Waals surface area contributed by atoms with Crippen LogP contribution < -0.4 is 10.1 Å². The lowest BCUT2D eigenvalue weighted by molar-refractivity contribution is -0.139. The van der Waals surface area contributed by atoms with Crippen molar-refractivity contribution in [1.29, 1.82) is 0 Å². The monoisotopic (exact) mass is 265 g/mol. The molecule has 19 heavy (non-hydrogen) atoms. The van der Waals surface area contributed by atoms with Crippen molar-refractivity contribution in [2.24, 2.45) is 0 Å². The van der Waals surface area contributed by atoms with Crippen LogP contribution in [0.5, 0.6) is 5.75 Å². The fraction of sp³-hybridized carbons (Fsp3) is 0.429. The van der Waals surface area contributed by atoms with Gasteiger partial charge in [0.05, 0.1) is 13.0 Å². The minimum Gasteiger partial charge on any atom is -0.496 e. The number of carboxylic acid groups (broad SMARTS) is 1. The minimum absolute atomic E-state index is 0.156. The summed E-state index contributed by atoms with van der Waals surface area (Å²) in [7, 11) is 3.11. The van der Waals surface area contributed by atoms with Gasteiger partial charge in [0.25, 0.3) is 0 Å². The summed E-state index contributed by atoms with van der Waals surface area (Å²) >= 11 is 0. The van der Waals surface area contributed by atoms with Gasteiger partial charge in [0.2, 0.25) is 5.91 Å². The highest BCUT2D eigenvalue weighted by atomic mass is 16.5. The van der Waals surface area contributed by atoms with Crippen molar-refractivity contribution in [3.63, 3.8) is 0 Å². The normalized spacial score (nSPS) is 11.7. The number of rotatable bonds is 6. The second-order valence-corrected chi connectivity index (χ2v) is 4.33. The number of aliphatic carboxylic acids is 1. The zero-order chi connectivity index (χ0) is 14.4. The maximum Gasteiger partial charge on any atom is 0.310 e. The Labute approximate surface area is 112 Å². The molecular formula is C14H19NO4. The topological polar surface area (TPSA) is 75.6 Å². The first-order valence-corrected chi connectivity index (χ1v) is 6.07. The first kappa shape index (κ1) is 15.0. The maximum atomic E-state index is 11.3. The van der Waals surface area contributed by atoms with Gasteiger partial charge in [-0.15, -0.1) is 0 Å². The SMILES string of the molecule is CNC(=O)CCC(C(=O)O)c1ccc(OC)c(C)c1. The molecule has 0 aliphatic carbocycles. The third-order valence-electron chi connectivity index (χ3n) is 3.06. The lowest BCUT2D eigenvalue weighted by Crippen LogP contribution is -2.20. The van der Waals surface area contributed by atoms with Crippen LogP contribution in [0.15, 0.2) is 18.2 Å². The quantitative estimate of drug-likeness (QED) is 0.820. The predicted molar refractivity (Wildman–Crippen MR) is 71.4 cm³/mol. The Bertz CT molecular complexity index is 471. The Kier molecular flexibility index (Phi) is 5.36. The van der Waals surface area contributed by atoms with Crippen LogP contribution in [0.3, 0.4) is 0 Å². The number of benzene rings is 1. The van der Waals surface area contributed by atoms with E-state index in [4.69, 9.17) is 4.74 Å². The lowest BCUT2D eigenvalue weighted by Gasteiger charge is -2.14. The number of nitrogens with one attached hydrogen (secondary N) is 1. The summed E-state index contributed by atoms with van der Waals surface area (Å²) < 4.78 is 5.14. The molecule has 5 heteroatoms. The predicted octanol–water partition coefficient (Wildman–Crippen LogP) is 1.70. The molecule has 0 radical (unpaired) electrons. The van der Waals surface area contributed by atoms with Gasteiger partial charge in [-0.3, -0.25) is 9.59 Å². The highest BCUT2D eigenvalue weighted by Crippen LogP contribution is 2.26. The fourth-order valence-corrected chi connectivity index (χ4v) is 1.95. The standard InChI is InChI=1S/C14H19NO4/c1-9-8-10(4-6-12(9)19-3)11(14(17)18)5-7-13(16)15-2/h4,6,8,11H,5,7H2,1-3H3,(H,15,16)(H,17,18). The molecule has 1 rings (SSSR count). The Morgan fingerprint density at radius 2 is 2.11 bits per heavy atom. The van der Waals surface area contributed by atoms with Crippen LogP contribution in [-0.2, 0) is 9.59 Å². The van der Waals surface area contributed by atoms with Crippen molar-refractivity contribution in [2.45, 2.75) is 25.7 Å². The molecule has 0 aliphatic rings. The van der Waals surface area contributed by atoms with Crippen molar-refractivity contribution < 1.29 is 19.4 Å². The summed E-state index contributed by atoms with van der Waals surface area (Å²) in [4.78, 5) is 22.5. The number of methoxy groups -OCH3 is 1. The molecule has 104 valence electrons. The Balaban J connectivity index is 2.90. The van der Waals surface area contributed by atoms with E-state index >= 15 is 0 Å². The molecule has 0 spiro atoms. The molecule has 1 unspecified atom stereocenters. The summed E-state index contributed by atoms with van der Waals surface area (Å²) in [6.07, 6.45) is 0.472. The van der Waals surface area contributed by atoms with E-state index < -0.39 is 11.9 Å². The molecule has 1 aromatic carbocycles. The van der Waals surface area contributed by atoms with E-state index in [0.29, 0.717) is 5.56 Å². The third kappa shape index (κ3) is 3.98. The summed E-state index contributed by atoms with van der Waals surface area (Å²) in [6, 6.07) is 5.27. The van der Waals surface area contributed by atoms with Crippen LogP contribution in [-0.4, -0.2) is 31.1 Å². The second-order valence-electron chi connectivity index (χ2n) is 4.33. The molecule has 5 nitrogen and oxygen atoms in total. The molecule has 2 N–H and O–H groups in total. The van der Waals surface area contributed by atoms with Crippen molar-refractivity contribution in [3.8, 4) is 5.75 Å². The second kappa shape index (κ2) is 6.78. The lowest BCUT2D eigenvalue weighted by atomic mass is 9.93. The Morgan fingerprint density at radius 1 is 1.42 bits per heavy atom. The zero-order valence-electron chi connectivity index (χ0n) is 11.4. The van der Waals surface area contributed by atoms with Gasteiger partial charge in [0.1, 0.15) is 5.75 Å². The van der Waals surface area contributed by atoms with E-state index in [1.165, 1.54) is 7.05 Å². The van der Waals surface area contributed by atoms with Crippen molar-refractivity contribution in [1.82, 2.24) is 5.32 Å². The van der Waals surface area contributed by atoms with E-state index in [2.05, 4.69) is 5.32 Å². The molecule has 1 aromatic rings. The smallest absolute Gasteiger partial charge is 0.310 e. The van der Waals surface area contributed by atoms with Gasteiger partial charge in [-0.2, -0.15) is 0 Å². The third-order valence-corrected chi connectivity index (χ3v) is 3.06. The van der Waals surface area contributed by atoms with Crippen molar-refractivity contribution in [2.75, 3.05) is 14.2 Å². The number of hydrogen-bond acceptors (Lipinski definition) is 3. The number of hydrogen-bond donors (Lipinski definition) is 2. The highest BCUT2D eigenvalue weighted by molar-refractivity contribution is 5.79. The molecular weight excluding hydrogens is 246 g/mol. The average molecular weight is 265 g/mol. The first-order chi connectivity index (χ1) is 8.99. The highest BCUT2D eigenvalue weighted by Gasteiger charge is 2.21. The van der Waals surface area contributed by atoms with Gasteiger partial charge in [0.15, 0.2) is 0 Å². The summed E-state index contributed by atoms with van der Waals surface area (Å²) in [6.45, 7) is 1.86. The molecule has 0 bridgehead atoms. The Morgan fingerprint density at radius 3 is 2.58 bits per heavy atom. The Hall–Kier alpha value is -2.04. The number of ether oxygens (including phenoxy) is 1. The number of amides is 1. The summed E-state index contributed by atoms with van der Waals surface area (Å²) in [5, 5.41) is 11.8. The molecule has 1 amide bonds. The number of carboxylic acids is 1. The van der Waals surface area contributed by atoms with Gasteiger partial charge >= 0.3 is 5.97 Å². The van der Waals surface area contributed by atoms with Crippen LogP contribution in [0, 0.1) is 6.92 Å². The van der Waals surface area contributed by atoms with E-state index in [0.717, 1.165) is 11.3 Å². The fourth-order valence-electron chi connectivity index (χ4n) is 1.95.